The van der Waals surface area contributed by atoms with Gasteiger partial charge in [-0.25, -0.2) is 4.39 Å². The lowest BCUT2D eigenvalue weighted by Crippen LogP contribution is -2.26. The summed E-state index contributed by atoms with van der Waals surface area (Å²) in [6.45, 7) is 0.779. The molecule has 19 heavy (non-hydrogen) atoms. The molecule has 0 saturated heterocycles. The van der Waals surface area contributed by atoms with E-state index in [1.165, 1.54) is 6.20 Å². The van der Waals surface area contributed by atoms with E-state index in [0.717, 1.165) is 6.07 Å². The number of rotatable bonds is 4. The van der Waals surface area contributed by atoms with Crippen LogP contribution in [0.25, 0.3) is 10.9 Å². The van der Waals surface area contributed by atoms with Crippen LogP contribution in [0.2, 0.25) is 0 Å². The van der Waals surface area contributed by atoms with Gasteiger partial charge in [-0.2, -0.15) is 0 Å². The average Bonchev–Trinajstić information content (AvgIpc) is 2.37. The topological polar surface area (TPSA) is 85.3 Å². The number of non-ortho nitro benzene ring substituents is 1. The van der Waals surface area contributed by atoms with Crippen LogP contribution in [0, 0.1) is 15.9 Å². The van der Waals surface area contributed by atoms with E-state index in [1.54, 1.807) is 24.1 Å². The van der Waals surface area contributed by atoms with Crippen LogP contribution in [0.1, 0.15) is 0 Å². The Morgan fingerprint density at radius 2 is 2.32 bits per heavy atom. The molecule has 0 bridgehead atoms. The first-order valence-electron chi connectivity index (χ1n) is 5.69. The first-order valence-corrected chi connectivity index (χ1v) is 5.69. The third-order valence-electron chi connectivity index (χ3n) is 2.84. The fourth-order valence-electron chi connectivity index (χ4n) is 2.00. The summed E-state index contributed by atoms with van der Waals surface area (Å²) in [5, 5.41) is 11.3. The molecule has 0 aliphatic rings. The predicted octanol–water partition coefficient (Wildman–Crippen LogP) is 1.68. The van der Waals surface area contributed by atoms with E-state index in [4.69, 9.17) is 5.73 Å². The monoisotopic (exact) mass is 264 g/mol. The van der Waals surface area contributed by atoms with Gasteiger partial charge >= 0.3 is 0 Å². The van der Waals surface area contributed by atoms with Crippen LogP contribution in [0.4, 0.5) is 15.8 Å². The van der Waals surface area contributed by atoms with Crippen molar-refractivity contribution in [1.29, 1.82) is 0 Å². The summed E-state index contributed by atoms with van der Waals surface area (Å²) in [4.78, 5) is 16.0. The number of aromatic nitrogens is 1. The number of hydrogen-bond donors (Lipinski definition) is 1. The molecule has 0 unspecified atom stereocenters. The minimum absolute atomic E-state index is 0.228. The van der Waals surface area contributed by atoms with Gasteiger partial charge in [0.05, 0.1) is 22.1 Å². The van der Waals surface area contributed by atoms with Crippen LogP contribution >= 0.6 is 0 Å². The van der Waals surface area contributed by atoms with Crippen molar-refractivity contribution in [2.45, 2.75) is 0 Å². The maximum atomic E-state index is 14.1. The van der Waals surface area contributed by atoms with Gasteiger partial charge in [-0.3, -0.25) is 15.1 Å². The molecule has 0 aliphatic heterocycles. The standard InChI is InChI=1S/C12H13FN4O2/c1-16(6-4-14)12-9(13)7-10(17(18)19)8-3-2-5-15-11(8)12/h2-3,5,7H,4,6,14H2,1H3. The number of halogens is 1. The molecule has 1 aromatic heterocycles. The van der Waals surface area contributed by atoms with Gasteiger partial charge in [0.15, 0.2) is 5.82 Å². The lowest BCUT2D eigenvalue weighted by molar-refractivity contribution is -0.383. The largest absolute Gasteiger partial charge is 0.369 e. The Hall–Kier alpha value is -2.28. The zero-order valence-corrected chi connectivity index (χ0v) is 10.3. The van der Waals surface area contributed by atoms with Gasteiger partial charge in [0.2, 0.25) is 0 Å². The lowest BCUT2D eigenvalue weighted by atomic mass is 10.1. The number of hydrogen-bond acceptors (Lipinski definition) is 5. The van der Waals surface area contributed by atoms with E-state index in [2.05, 4.69) is 4.98 Å². The number of nitrogens with two attached hydrogens (primary N) is 1. The van der Waals surface area contributed by atoms with Gasteiger partial charge in [-0.05, 0) is 12.1 Å². The molecule has 1 heterocycles. The van der Waals surface area contributed by atoms with Gasteiger partial charge in [-0.15, -0.1) is 0 Å². The number of anilines is 1. The Morgan fingerprint density at radius 3 is 2.95 bits per heavy atom. The molecule has 0 fully saturated rings. The number of nitro groups is 1. The van der Waals surface area contributed by atoms with Crippen LogP contribution < -0.4 is 10.6 Å². The van der Waals surface area contributed by atoms with Crippen molar-refractivity contribution in [2.24, 2.45) is 5.73 Å². The molecule has 2 rings (SSSR count). The molecule has 0 radical (unpaired) electrons. The van der Waals surface area contributed by atoms with Crippen LogP contribution in [0.3, 0.4) is 0 Å². The minimum atomic E-state index is -0.672. The Balaban J connectivity index is 2.75. The second-order valence-electron chi connectivity index (χ2n) is 4.09. The number of benzene rings is 1. The zero-order chi connectivity index (χ0) is 14.0. The van der Waals surface area contributed by atoms with Crippen molar-refractivity contribution in [3.05, 3.63) is 40.3 Å². The Morgan fingerprint density at radius 1 is 1.58 bits per heavy atom. The molecule has 2 aromatic rings. The number of likely N-dealkylation sites (N-methyl/N-ethyl adjacent to an activating group) is 1. The van der Waals surface area contributed by atoms with E-state index in [1.807, 2.05) is 0 Å². The van der Waals surface area contributed by atoms with Crippen molar-refractivity contribution in [3.63, 3.8) is 0 Å². The van der Waals surface area contributed by atoms with Crippen LogP contribution in [-0.4, -0.2) is 30.0 Å². The fraction of sp³-hybridized carbons (Fsp3) is 0.250. The molecule has 1 aromatic carbocycles. The van der Waals surface area contributed by atoms with Gasteiger partial charge in [0.25, 0.3) is 5.69 Å². The smallest absolute Gasteiger partial charge is 0.281 e. The molecule has 0 spiro atoms. The Labute approximate surface area is 108 Å². The SMILES string of the molecule is CN(CCN)c1c(F)cc([N+](=O)[O-])c2cccnc12. The minimum Gasteiger partial charge on any atom is -0.369 e. The lowest BCUT2D eigenvalue weighted by Gasteiger charge is -2.20. The van der Waals surface area contributed by atoms with Crippen LogP contribution in [0.5, 0.6) is 0 Å². The van der Waals surface area contributed by atoms with Crippen molar-refractivity contribution in [1.82, 2.24) is 4.98 Å². The predicted molar refractivity (Wildman–Crippen MR) is 70.7 cm³/mol. The van der Waals surface area contributed by atoms with Gasteiger partial charge < -0.3 is 10.6 Å². The summed E-state index contributed by atoms with van der Waals surface area (Å²) >= 11 is 0. The van der Waals surface area contributed by atoms with E-state index in [9.17, 15) is 14.5 Å². The average molecular weight is 264 g/mol. The van der Waals surface area contributed by atoms with Crippen molar-refractivity contribution in [3.8, 4) is 0 Å². The van der Waals surface area contributed by atoms with Crippen LogP contribution in [-0.2, 0) is 0 Å². The maximum absolute atomic E-state index is 14.1. The molecule has 6 nitrogen and oxygen atoms in total. The highest BCUT2D eigenvalue weighted by Gasteiger charge is 2.21. The van der Waals surface area contributed by atoms with E-state index >= 15 is 0 Å². The second-order valence-corrected chi connectivity index (χ2v) is 4.09. The van der Waals surface area contributed by atoms with E-state index < -0.39 is 10.7 Å². The van der Waals surface area contributed by atoms with E-state index in [-0.39, 0.29) is 16.9 Å². The molecule has 0 aliphatic carbocycles. The number of nitrogens with zero attached hydrogens (tertiary/aromatic N) is 3. The molecular formula is C12H13FN4O2. The number of nitro benzene ring substituents is 1. The molecule has 2 N–H and O–H groups in total. The summed E-state index contributed by atoms with van der Waals surface area (Å²) in [5.74, 6) is -0.672. The van der Waals surface area contributed by atoms with Gasteiger partial charge in [0, 0.05) is 26.3 Å². The third kappa shape index (κ3) is 2.32. The highest BCUT2D eigenvalue weighted by Crippen LogP contribution is 2.34. The Bertz CT molecular complexity index is 632. The quantitative estimate of drug-likeness (QED) is 0.670. The molecule has 7 heteroatoms. The van der Waals surface area contributed by atoms with Crippen molar-refractivity contribution < 1.29 is 9.31 Å². The van der Waals surface area contributed by atoms with Crippen molar-refractivity contribution in [2.75, 3.05) is 25.0 Å². The Kier molecular flexibility index (Phi) is 3.57. The highest BCUT2D eigenvalue weighted by atomic mass is 19.1. The summed E-state index contributed by atoms with van der Waals surface area (Å²) in [6.07, 6.45) is 1.48. The molecule has 0 atom stereocenters. The third-order valence-corrected chi connectivity index (χ3v) is 2.84. The zero-order valence-electron chi connectivity index (χ0n) is 10.3. The second kappa shape index (κ2) is 5.15. The maximum Gasteiger partial charge on any atom is 0.281 e. The molecule has 0 amide bonds. The van der Waals surface area contributed by atoms with Crippen LogP contribution in [0.15, 0.2) is 24.4 Å². The summed E-state index contributed by atoms with van der Waals surface area (Å²) in [6, 6.07) is 4.06. The number of pyridine rings is 1. The fourth-order valence-corrected chi connectivity index (χ4v) is 2.00. The molecule has 0 saturated carbocycles. The molecule has 100 valence electrons. The van der Waals surface area contributed by atoms with Gasteiger partial charge in [0.1, 0.15) is 5.52 Å². The van der Waals surface area contributed by atoms with E-state index in [0.29, 0.717) is 18.5 Å². The number of fused-ring (bicyclic) bond motifs is 1. The molecular weight excluding hydrogens is 251 g/mol. The summed E-state index contributed by atoms with van der Waals surface area (Å²) in [7, 11) is 1.67. The summed E-state index contributed by atoms with van der Waals surface area (Å²) in [5.41, 5.74) is 5.66. The summed E-state index contributed by atoms with van der Waals surface area (Å²) < 4.78 is 14.1. The highest BCUT2D eigenvalue weighted by molar-refractivity contribution is 5.97. The van der Waals surface area contributed by atoms with Crippen molar-refractivity contribution >= 4 is 22.3 Å². The van der Waals surface area contributed by atoms with Gasteiger partial charge in [-0.1, -0.05) is 0 Å². The first kappa shape index (κ1) is 13.2. The normalized spacial score (nSPS) is 10.7. The first-order chi connectivity index (χ1) is 9.06.